The summed E-state index contributed by atoms with van der Waals surface area (Å²) in [6.07, 6.45) is -3.09. The highest BCUT2D eigenvalue weighted by Gasteiger charge is 2.31. The van der Waals surface area contributed by atoms with Crippen LogP contribution in [-0.2, 0) is 6.18 Å². The summed E-state index contributed by atoms with van der Waals surface area (Å²) in [5.74, 6) is 0.157. The zero-order valence-electron chi connectivity index (χ0n) is 18.3. The number of carbonyl (C=O) groups is 1. The van der Waals surface area contributed by atoms with E-state index in [-0.39, 0.29) is 29.1 Å². The first-order valence-corrected chi connectivity index (χ1v) is 10.4. The number of furan rings is 1. The lowest BCUT2D eigenvalue weighted by atomic mass is 10.1. The van der Waals surface area contributed by atoms with Gasteiger partial charge in [0.05, 0.1) is 24.1 Å². The lowest BCUT2D eigenvalue weighted by Crippen LogP contribution is -2.11. The molecule has 2 aromatic carbocycles. The molecule has 0 atom stereocenters. The average Bonchev–Trinajstić information content (AvgIpc) is 3.48. The molecule has 0 aliphatic heterocycles. The molecule has 0 saturated carbocycles. The SMILES string of the molecule is CC(C)COc1nc(-c2cccc(C(F)(F)F)c2)n(-c2ccc(NC(=O)c3ccco3)cc2)n1. The van der Waals surface area contributed by atoms with E-state index in [9.17, 15) is 18.0 Å². The molecule has 10 heteroatoms. The second-order valence-electron chi connectivity index (χ2n) is 7.89. The lowest BCUT2D eigenvalue weighted by molar-refractivity contribution is -0.137. The fourth-order valence-electron chi connectivity index (χ4n) is 3.08. The zero-order valence-corrected chi connectivity index (χ0v) is 18.3. The van der Waals surface area contributed by atoms with Gasteiger partial charge in [-0.15, -0.1) is 5.10 Å². The Hall–Kier alpha value is -4.08. The van der Waals surface area contributed by atoms with Crippen LogP contribution in [0.5, 0.6) is 6.01 Å². The van der Waals surface area contributed by atoms with Gasteiger partial charge in [0.1, 0.15) is 0 Å². The van der Waals surface area contributed by atoms with Gasteiger partial charge in [-0.2, -0.15) is 18.2 Å². The molecule has 1 amide bonds. The third-order valence-corrected chi connectivity index (χ3v) is 4.70. The van der Waals surface area contributed by atoms with E-state index in [0.717, 1.165) is 12.1 Å². The topological polar surface area (TPSA) is 82.2 Å². The van der Waals surface area contributed by atoms with Crippen LogP contribution in [0.4, 0.5) is 18.9 Å². The normalized spacial score (nSPS) is 11.6. The molecule has 1 N–H and O–H groups in total. The molecule has 0 aliphatic rings. The average molecular weight is 470 g/mol. The fraction of sp³-hybridized carbons (Fsp3) is 0.208. The van der Waals surface area contributed by atoms with Crippen molar-refractivity contribution in [3.63, 3.8) is 0 Å². The first-order valence-electron chi connectivity index (χ1n) is 10.4. The molecular weight excluding hydrogens is 449 g/mol. The summed E-state index contributed by atoms with van der Waals surface area (Å²) in [7, 11) is 0. The molecule has 0 saturated heterocycles. The molecule has 2 heterocycles. The van der Waals surface area contributed by atoms with Crippen LogP contribution in [0.1, 0.15) is 30.0 Å². The number of hydrogen-bond acceptors (Lipinski definition) is 5. The van der Waals surface area contributed by atoms with Crippen LogP contribution < -0.4 is 10.1 Å². The van der Waals surface area contributed by atoms with E-state index in [4.69, 9.17) is 9.15 Å². The minimum absolute atomic E-state index is 0.0521. The van der Waals surface area contributed by atoms with Gasteiger partial charge in [-0.05, 0) is 54.4 Å². The Labute approximate surface area is 193 Å². The van der Waals surface area contributed by atoms with Crippen molar-refractivity contribution in [3.05, 3.63) is 78.3 Å². The van der Waals surface area contributed by atoms with Crippen LogP contribution in [0.3, 0.4) is 0 Å². The number of halogens is 3. The number of benzene rings is 2. The minimum atomic E-state index is -4.49. The summed E-state index contributed by atoms with van der Waals surface area (Å²) in [6.45, 7) is 4.27. The number of amides is 1. The Kier molecular flexibility index (Phi) is 6.40. The van der Waals surface area contributed by atoms with Crippen molar-refractivity contribution >= 4 is 11.6 Å². The van der Waals surface area contributed by atoms with Gasteiger partial charge in [-0.3, -0.25) is 4.79 Å². The van der Waals surface area contributed by atoms with E-state index in [1.807, 2.05) is 13.8 Å². The predicted octanol–water partition coefficient (Wildman–Crippen LogP) is 5.83. The Morgan fingerprint density at radius 1 is 1.12 bits per heavy atom. The maximum absolute atomic E-state index is 13.3. The maximum Gasteiger partial charge on any atom is 0.416 e. The summed E-state index contributed by atoms with van der Waals surface area (Å²) in [5, 5.41) is 7.06. The summed E-state index contributed by atoms with van der Waals surface area (Å²) < 4.78 is 51.9. The Balaban J connectivity index is 1.67. The van der Waals surface area contributed by atoms with Gasteiger partial charge >= 0.3 is 12.2 Å². The van der Waals surface area contributed by atoms with Crippen molar-refractivity contribution in [2.24, 2.45) is 5.92 Å². The van der Waals surface area contributed by atoms with Crippen LogP contribution in [0.15, 0.2) is 71.3 Å². The smallest absolute Gasteiger partial charge is 0.416 e. The number of alkyl halides is 3. The van der Waals surface area contributed by atoms with Gasteiger partial charge in [0, 0.05) is 11.3 Å². The Morgan fingerprint density at radius 3 is 2.53 bits per heavy atom. The quantitative estimate of drug-likeness (QED) is 0.367. The first kappa shape index (κ1) is 23.1. The van der Waals surface area contributed by atoms with Crippen molar-refractivity contribution in [2.75, 3.05) is 11.9 Å². The molecular formula is C24H21F3N4O3. The number of rotatable bonds is 7. The molecule has 4 aromatic rings. The molecule has 4 rings (SSSR count). The summed E-state index contributed by atoms with van der Waals surface area (Å²) in [5.41, 5.74) is 0.467. The van der Waals surface area contributed by atoms with Gasteiger partial charge in [0.25, 0.3) is 5.91 Å². The zero-order chi connectivity index (χ0) is 24.3. The van der Waals surface area contributed by atoms with Crippen molar-refractivity contribution in [1.82, 2.24) is 14.8 Å². The third kappa shape index (κ3) is 5.28. The molecule has 0 unspecified atom stereocenters. The molecule has 0 radical (unpaired) electrons. The van der Waals surface area contributed by atoms with E-state index in [1.54, 1.807) is 36.4 Å². The largest absolute Gasteiger partial charge is 0.462 e. The Bertz CT molecular complexity index is 1260. The maximum atomic E-state index is 13.3. The van der Waals surface area contributed by atoms with Crippen LogP contribution in [0.25, 0.3) is 17.1 Å². The highest BCUT2D eigenvalue weighted by molar-refractivity contribution is 6.02. The fourth-order valence-corrected chi connectivity index (χ4v) is 3.08. The highest BCUT2D eigenvalue weighted by atomic mass is 19.4. The van der Waals surface area contributed by atoms with E-state index in [0.29, 0.717) is 18.0 Å². The molecule has 0 aliphatic carbocycles. The molecule has 0 spiro atoms. The van der Waals surface area contributed by atoms with E-state index >= 15 is 0 Å². The van der Waals surface area contributed by atoms with Crippen LogP contribution in [0.2, 0.25) is 0 Å². The summed E-state index contributed by atoms with van der Waals surface area (Å²) in [6, 6.07) is 14.7. The van der Waals surface area contributed by atoms with Gasteiger partial charge < -0.3 is 14.5 Å². The van der Waals surface area contributed by atoms with Crippen LogP contribution in [-0.4, -0.2) is 27.3 Å². The first-order chi connectivity index (χ1) is 16.2. The third-order valence-electron chi connectivity index (χ3n) is 4.70. The molecule has 0 bridgehead atoms. The van der Waals surface area contributed by atoms with Gasteiger partial charge in [0.15, 0.2) is 11.6 Å². The number of nitrogens with zero attached hydrogens (tertiary/aromatic N) is 3. The molecule has 2 aromatic heterocycles. The molecule has 176 valence electrons. The second kappa shape index (κ2) is 9.42. The summed E-state index contributed by atoms with van der Waals surface area (Å²) in [4.78, 5) is 16.5. The molecule has 34 heavy (non-hydrogen) atoms. The standard InChI is InChI=1S/C24H21F3N4O3/c1-15(2)14-34-23-29-21(16-5-3-6-17(13-16)24(25,26)27)31(30-23)19-10-8-18(9-11-19)28-22(32)20-7-4-12-33-20/h3-13,15H,14H2,1-2H3,(H,28,32). The second-order valence-corrected chi connectivity index (χ2v) is 7.89. The van der Waals surface area contributed by atoms with E-state index in [2.05, 4.69) is 15.4 Å². The number of hydrogen-bond donors (Lipinski definition) is 1. The van der Waals surface area contributed by atoms with Crippen molar-refractivity contribution in [3.8, 4) is 23.1 Å². The van der Waals surface area contributed by atoms with E-state index < -0.39 is 17.6 Å². The lowest BCUT2D eigenvalue weighted by Gasteiger charge is -2.10. The van der Waals surface area contributed by atoms with Gasteiger partial charge in [-0.1, -0.05) is 26.0 Å². The van der Waals surface area contributed by atoms with Crippen LogP contribution >= 0.6 is 0 Å². The minimum Gasteiger partial charge on any atom is -0.462 e. The van der Waals surface area contributed by atoms with Crippen LogP contribution in [0, 0.1) is 5.92 Å². The monoisotopic (exact) mass is 470 g/mol. The van der Waals surface area contributed by atoms with Gasteiger partial charge in [0.2, 0.25) is 0 Å². The molecule has 0 fully saturated rings. The number of carbonyl (C=O) groups excluding carboxylic acids is 1. The van der Waals surface area contributed by atoms with Crippen molar-refractivity contribution in [2.45, 2.75) is 20.0 Å². The highest BCUT2D eigenvalue weighted by Crippen LogP contribution is 2.33. The predicted molar refractivity (Wildman–Crippen MR) is 119 cm³/mol. The summed E-state index contributed by atoms with van der Waals surface area (Å²) >= 11 is 0. The van der Waals surface area contributed by atoms with Gasteiger partial charge in [-0.25, -0.2) is 4.68 Å². The number of aromatic nitrogens is 3. The number of anilines is 1. The number of ether oxygens (including phenoxy) is 1. The number of nitrogens with one attached hydrogen (secondary N) is 1. The van der Waals surface area contributed by atoms with Crippen molar-refractivity contribution < 1.29 is 27.1 Å². The Morgan fingerprint density at radius 2 is 1.88 bits per heavy atom. The molecule has 7 nitrogen and oxygen atoms in total. The van der Waals surface area contributed by atoms with Crippen molar-refractivity contribution in [1.29, 1.82) is 0 Å². The van der Waals surface area contributed by atoms with E-state index in [1.165, 1.54) is 23.1 Å².